The number of benzene rings is 5. The molecule has 5 rings (SSSR count). The normalized spacial score (nSPS) is 13.4. The minimum absolute atomic E-state index is 0.428. The van der Waals surface area contributed by atoms with E-state index in [-0.39, 0.29) is 0 Å². The third-order valence-electron chi connectivity index (χ3n) is 4.23. The Balaban J connectivity index is 2.29. The zero-order valence-electron chi connectivity index (χ0n) is 12.8. The van der Waals surface area contributed by atoms with Gasteiger partial charge >= 0.3 is 0 Å². The van der Waals surface area contributed by atoms with Gasteiger partial charge in [-0.15, -0.1) is 0 Å². The summed E-state index contributed by atoms with van der Waals surface area (Å²) in [6.07, 6.45) is 0. The summed E-state index contributed by atoms with van der Waals surface area (Å²) in [6, 6.07) is 21.3. The van der Waals surface area contributed by atoms with Crippen LogP contribution in [0.2, 0.25) is 0 Å². The molecular weight excluding hydrogens is 240 g/mol. The SMILES string of the molecule is [2H]c1ccc2c3cccc4cccc(c5ccc([2H])c1c25)c43. The average molecular weight is 254 g/mol. The van der Waals surface area contributed by atoms with Crippen LogP contribution in [-0.4, -0.2) is 0 Å². The van der Waals surface area contributed by atoms with Crippen LogP contribution in [0.4, 0.5) is 0 Å². The molecule has 0 radical (unpaired) electrons. The fourth-order valence-corrected chi connectivity index (χ4v) is 3.42. The van der Waals surface area contributed by atoms with Crippen molar-refractivity contribution in [2.75, 3.05) is 0 Å². The number of rotatable bonds is 0. The van der Waals surface area contributed by atoms with E-state index in [2.05, 4.69) is 36.4 Å². The van der Waals surface area contributed by atoms with Gasteiger partial charge in [0.15, 0.2) is 0 Å². The monoisotopic (exact) mass is 254 g/mol. The first-order valence-corrected chi connectivity index (χ1v) is 6.81. The molecule has 0 heteroatoms. The second kappa shape index (κ2) is 3.49. The van der Waals surface area contributed by atoms with E-state index in [1.54, 1.807) is 0 Å². The molecule has 0 unspecified atom stereocenters. The van der Waals surface area contributed by atoms with Crippen LogP contribution in [0.1, 0.15) is 2.74 Å². The highest BCUT2D eigenvalue weighted by molar-refractivity contribution is 6.32. The van der Waals surface area contributed by atoms with Gasteiger partial charge in [-0.3, -0.25) is 0 Å². The molecule has 0 atom stereocenters. The molecule has 0 aliphatic rings. The predicted molar refractivity (Wildman–Crippen MR) is 87.7 cm³/mol. The van der Waals surface area contributed by atoms with Gasteiger partial charge in [-0.05, 0) is 43.1 Å². The van der Waals surface area contributed by atoms with Gasteiger partial charge in [-0.25, -0.2) is 0 Å². The van der Waals surface area contributed by atoms with Crippen molar-refractivity contribution in [2.24, 2.45) is 0 Å². The largest absolute Gasteiger partial charge is 0.0629 e. The van der Waals surface area contributed by atoms with E-state index in [1.165, 1.54) is 21.5 Å². The van der Waals surface area contributed by atoms with Gasteiger partial charge < -0.3 is 0 Å². The summed E-state index contributed by atoms with van der Waals surface area (Å²) < 4.78 is 16.4. The summed E-state index contributed by atoms with van der Waals surface area (Å²) in [5, 5.41) is 8.99. The Morgan fingerprint density at radius 1 is 0.500 bits per heavy atom. The summed E-state index contributed by atoms with van der Waals surface area (Å²) in [5.41, 5.74) is 0. The van der Waals surface area contributed by atoms with E-state index in [1.807, 2.05) is 24.3 Å². The van der Waals surface area contributed by atoms with Crippen molar-refractivity contribution in [3.8, 4) is 0 Å². The van der Waals surface area contributed by atoms with Crippen LogP contribution in [0.25, 0.3) is 43.1 Å². The lowest BCUT2D eigenvalue weighted by molar-refractivity contribution is 1.78. The molecule has 0 bridgehead atoms. The molecule has 0 N–H and O–H groups in total. The van der Waals surface area contributed by atoms with E-state index < -0.39 is 0 Å². The fraction of sp³-hybridized carbons (Fsp3) is 0. The Bertz CT molecular complexity index is 1100. The zero-order chi connectivity index (χ0) is 14.8. The van der Waals surface area contributed by atoms with Gasteiger partial charge in [0.1, 0.15) is 0 Å². The molecule has 0 amide bonds. The lowest BCUT2D eigenvalue weighted by Gasteiger charge is -2.13. The van der Waals surface area contributed by atoms with Crippen LogP contribution in [0, 0.1) is 0 Å². The molecule has 5 aromatic carbocycles. The Kier molecular flexibility index (Phi) is 1.49. The van der Waals surface area contributed by atoms with Crippen molar-refractivity contribution in [3.63, 3.8) is 0 Å². The second-order valence-electron chi connectivity index (χ2n) is 5.24. The molecule has 0 aliphatic heterocycles. The highest BCUT2D eigenvalue weighted by atomic mass is 14.1. The lowest BCUT2D eigenvalue weighted by atomic mass is 9.90. The molecule has 0 saturated carbocycles. The van der Waals surface area contributed by atoms with E-state index in [9.17, 15) is 0 Å². The van der Waals surface area contributed by atoms with Crippen molar-refractivity contribution >= 4 is 43.1 Å². The molecule has 0 heterocycles. The molecule has 5 aromatic rings. The van der Waals surface area contributed by atoms with Gasteiger partial charge in [0, 0.05) is 0 Å². The topological polar surface area (TPSA) is 0 Å². The maximum Gasteiger partial charge on any atom is 0.0629 e. The first-order chi connectivity index (χ1) is 10.8. The molecule has 0 aliphatic carbocycles. The minimum atomic E-state index is 0.428. The van der Waals surface area contributed by atoms with Crippen LogP contribution >= 0.6 is 0 Å². The maximum atomic E-state index is 8.21. The van der Waals surface area contributed by atoms with Crippen molar-refractivity contribution in [3.05, 3.63) is 72.7 Å². The standard InChI is InChI=1S/C20H12/c1-5-13-6-2-11-17-18-12-4-8-14-7-3-10-16(20(14)18)15(9-1)19(13)17/h1-12H/i5D,6D. The molecular formula is C20H12. The van der Waals surface area contributed by atoms with Crippen molar-refractivity contribution in [2.45, 2.75) is 0 Å². The van der Waals surface area contributed by atoms with Gasteiger partial charge in [0.05, 0.1) is 2.74 Å². The summed E-state index contributed by atoms with van der Waals surface area (Å²) >= 11 is 0. The summed E-state index contributed by atoms with van der Waals surface area (Å²) in [4.78, 5) is 0. The van der Waals surface area contributed by atoms with E-state index in [0.29, 0.717) is 12.1 Å². The Labute approximate surface area is 119 Å². The highest BCUT2D eigenvalue weighted by Gasteiger charge is 2.11. The van der Waals surface area contributed by atoms with Crippen molar-refractivity contribution < 1.29 is 2.74 Å². The quantitative estimate of drug-likeness (QED) is 0.244. The predicted octanol–water partition coefficient (Wildman–Crippen LogP) is 5.74. The zero-order valence-corrected chi connectivity index (χ0v) is 10.8. The van der Waals surface area contributed by atoms with Gasteiger partial charge in [0.2, 0.25) is 0 Å². The molecule has 0 nitrogen and oxygen atoms in total. The molecule has 0 spiro atoms. The van der Waals surface area contributed by atoms with Gasteiger partial charge in [-0.2, -0.15) is 0 Å². The number of fused-ring (bicyclic) bond motifs is 2. The molecule has 20 heavy (non-hydrogen) atoms. The molecule has 92 valence electrons. The maximum absolute atomic E-state index is 8.21. The minimum Gasteiger partial charge on any atom is -0.0610 e. The smallest absolute Gasteiger partial charge is 0.0610 e. The average Bonchev–Trinajstić information content (AvgIpc) is 2.54. The Hall–Kier alpha value is -2.60. The Morgan fingerprint density at radius 2 is 0.950 bits per heavy atom. The number of hydrogen-bond acceptors (Lipinski definition) is 0. The Morgan fingerprint density at radius 3 is 1.50 bits per heavy atom. The van der Waals surface area contributed by atoms with Crippen molar-refractivity contribution in [1.29, 1.82) is 0 Å². The van der Waals surface area contributed by atoms with E-state index >= 15 is 0 Å². The van der Waals surface area contributed by atoms with Crippen LogP contribution < -0.4 is 0 Å². The van der Waals surface area contributed by atoms with Crippen LogP contribution in [0.3, 0.4) is 0 Å². The number of hydrogen-bond donors (Lipinski definition) is 0. The summed E-state index contributed by atoms with van der Waals surface area (Å²) in [5.74, 6) is 0. The summed E-state index contributed by atoms with van der Waals surface area (Å²) in [7, 11) is 0. The van der Waals surface area contributed by atoms with E-state index in [0.717, 1.165) is 21.5 Å². The first-order valence-electron chi connectivity index (χ1n) is 7.81. The van der Waals surface area contributed by atoms with Gasteiger partial charge in [-0.1, -0.05) is 72.7 Å². The molecule has 0 aromatic heterocycles. The van der Waals surface area contributed by atoms with Crippen LogP contribution in [0.15, 0.2) is 72.7 Å². The van der Waals surface area contributed by atoms with E-state index in [4.69, 9.17) is 2.74 Å². The summed E-state index contributed by atoms with van der Waals surface area (Å²) in [6.45, 7) is 0. The molecule has 0 fully saturated rings. The fourth-order valence-electron chi connectivity index (χ4n) is 3.42. The third kappa shape index (κ3) is 1.12. The van der Waals surface area contributed by atoms with Gasteiger partial charge in [0.25, 0.3) is 0 Å². The highest BCUT2D eigenvalue weighted by Crippen LogP contribution is 2.39. The van der Waals surface area contributed by atoms with Crippen molar-refractivity contribution in [1.82, 2.24) is 0 Å². The first kappa shape index (κ1) is 8.55. The lowest BCUT2D eigenvalue weighted by Crippen LogP contribution is -1.85. The van der Waals surface area contributed by atoms with Crippen LogP contribution in [0.5, 0.6) is 0 Å². The second-order valence-corrected chi connectivity index (χ2v) is 5.24. The van der Waals surface area contributed by atoms with Crippen LogP contribution in [-0.2, 0) is 0 Å². The molecule has 0 saturated heterocycles. The third-order valence-corrected chi connectivity index (χ3v) is 4.23.